The molecule has 5 heteroatoms. The Morgan fingerprint density at radius 3 is 2.34 bits per heavy atom. The lowest BCUT2D eigenvalue weighted by Crippen LogP contribution is -2.40. The second kappa shape index (κ2) is 9.88. The van der Waals surface area contributed by atoms with Crippen molar-refractivity contribution in [3.8, 4) is 5.75 Å². The molecule has 1 unspecified atom stereocenters. The fourth-order valence-electron chi connectivity index (χ4n) is 4.27. The average molecular weight is 430 g/mol. The van der Waals surface area contributed by atoms with Crippen LogP contribution in [0.1, 0.15) is 33.1 Å². The Balaban J connectivity index is 1.54. The molecule has 1 amide bonds. The van der Waals surface area contributed by atoms with Gasteiger partial charge in [0.1, 0.15) is 5.75 Å². The topological polar surface area (TPSA) is 44.8 Å². The molecule has 0 spiro atoms. The van der Waals surface area contributed by atoms with Gasteiger partial charge in [-0.2, -0.15) is 0 Å². The highest BCUT2D eigenvalue weighted by molar-refractivity contribution is 5.94. The molecule has 1 atom stereocenters. The molecule has 0 saturated heterocycles. The van der Waals surface area contributed by atoms with E-state index in [1.54, 1.807) is 19.2 Å². The summed E-state index contributed by atoms with van der Waals surface area (Å²) < 4.78 is 5.20. The lowest BCUT2D eigenvalue weighted by atomic mass is 9.96. The van der Waals surface area contributed by atoms with Crippen molar-refractivity contribution in [1.82, 2.24) is 10.2 Å². The van der Waals surface area contributed by atoms with Crippen molar-refractivity contribution < 1.29 is 9.53 Å². The fourth-order valence-corrected chi connectivity index (χ4v) is 4.27. The molecule has 32 heavy (non-hydrogen) atoms. The van der Waals surface area contributed by atoms with Crippen LogP contribution in [0.5, 0.6) is 5.75 Å². The standard InChI is InChI=1S/C27H31N3O2/c1-29(2)24-12-8-21(9-13-24)26(30-17-16-20-6-4-5-7-23(20)19-30)18-28-27(31)22-10-14-25(32-3)15-11-22/h4-15,26H,16-19H2,1-3H3,(H,28,31). The van der Waals surface area contributed by atoms with Crippen LogP contribution in [0.25, 0.3) is 0 Å². The fraction of sp³-hybridized carbons (Fsp3) is 0.296. The van der Waals surface area contributed by atoms with Crippen LogP contribution in [0.4, 0.5) is 5.69 Å². The van der Waals surface area contributed by atoms with Gasteiger partial charge in [0, 0.05) is 45.0 Å². The molecule has 5 nitrogen and oxygen atoms in total. The monoisotopic (exact) mass is 429 g/mol. The van der Waals surface area contributed by atoms with Crippen molar-refractivity contribution in [3.63, 3.8) is 0 Å². The van der Waals surface area contributed by atoms with Gasteiger partial charge in [0.2, 0.25) is 0 Å². The molecule has 3 aromatic rings. The van der Waals surface area contributed by atoms with Crippen molar-refractivity contribution in [1.29, 1.82) is 0 Å². The van der Waals surface area contributed by atoms with E-state index in [1.165, 1.54) is 22.4 Å². The van der Waals surface area contributed by atoms with Crippen LogP contribution in [0, 0.1) is 0 Å². The summed E-state index contributed by atoms with van der Waals surface area (Å²) >= 11 is 0. The van der Waals surface area contributed by atoms with Gasteiger partial charge in [-0.3, -0.25) is 9.69 Å². The van der Waals surface area contributed by atoms with Crippen LogP contribution in [0.2, 0.25) is 0 Å². The molecular weight excluding hydrogens is 398 g/mol. The predicted octanol–water partition coefficient (Wildman–Crippen LogP) is 4.29. The number of benzene rings is 3. The predicted molar refractivity (Wildman–Crippen MR) is 129 cm³/mol. The quantitative estimate of drug-likeness (QED) is 0.609. The zero-order chi connectivity index (χ0) is 22.5. The maximum Gasteiger partial charge on any atom is 0.251 e. The van der Waals surface area contributed by atoms with Crippen LogP contribution in [-0.2, 0) is 13.0 Å². The summed E-state index contributed by atoms with van der Waals surface area (Å²) in [6.07, 6.45) is 1.02. The van der Waals surface area contributed by atoms with Gasteiger partial charge in [-0.1, -0.05) is 36.4 Å². The van der Waals surface area contributed by atoms with E-state index < -0.39 is 0 Å². The third-order valence-corrected chi connectivity index (χ3v) is 6.20. The van der Waals surface area contributed by atoms with Crippen LogP contribution in [0.15, 0.2) is 72.8 Å². The van der Waals surface area contributed by atoms with E-state index in [0.29, 0.717) is 12.1 Å². The zero-order valence-corrected chi connectivity index (χ0v) is 19.0. The summed E-state index contributed by atoms with van der Waals surface area (Å²) in [6, 6.07) is 24.6. The summed E-state index contributed by atoms with van der Waals surface area (Å²) in [4.78, 5) is 17.4. The molecule has 0 bridgehead atoms. The molecular formula is C27H31N3O2. The maximum atomic E-state index is 12.8. The van der Waals surface area contributed by atoms with Crippen LogP contribution >= 0.6 is 0 Å². The molecule has 0 aromatic heterocycles. The van der Waals surface area contributed by atoms with Crippen molar-refractivity contribution in [2.75, 3.05) is 39.2 Å². The summed E-state index contributed by atoms with van der Waals surface area (Å²) in [6.45, 7) is 2.40. The molecule has 1 aliphatic heterocycles. The second-order valence-electron chi connectivity index (χ2n) is 8.43. The van der Waals surface area contributed by atoms with Gasteiger partial charge in [-0.25, -0.2) is 0 Å². The highest BCUT2D eigenvalue weighted by Crippen LogP contribution is 2.29. The number of anilines is 1. The Morgan fingerprint density at radius 1 is 1.00 bits per heavy atom. The van der Waals surface area contributed by atoms with Gasteiger partial charge in [0.05, 0.1) is 13.2 Å². The van der Waals surface area contributed by atoms with Crippen molar-refractivity contribution in [3.05, 3.63) is 95.1 Å². The summed E-state index contributed by atoms with van der Waals surface area (Å²) in [7, 11) is 5.71. The Hall–Kier alpha value is -3.31. The minimum absolute atomic E-state index is 0.0695. The molecule has 0 radical (unpaired) electrons. The minimum Gasteiger partial charge on any atom is -0.497 e. The zero-order valence-electron chi connectivity index (χ0n) is 19.0. The number of carbonyl (C=O) groups excluding carboxylic acids is 1. The Kier molecular flexibility index (Phi) is 6.76. The van der Waals surface area contributed by atoms with Crippen LogP contribution < -0.4 is 15.0 Å². The number of nitrogens with zero attached hydrogens (tertiary/aromatic N) is 2. The number of fused-ring (bicyclic) bond motifs is 1. The van der Waals surface area contributed by atoms with E-state index in [-0.39, 0.29) is 11.9 Å². The third-order valence-electron chi connectivity index (χ3n) is 6.20. The van der Waals surface area contributed by atoms with Gasteiger partial charge in [-0.05, 0) is 59.5 Å². The Morgan fingerprint density at radius 2 is 1.69 bits per heavy atom. The smallest absolute Gasteiger partial charge is 0.251 e. The van der Waals surface area contributed by atoms with Gasteiger partial charge < -0.3 is 15.0 Å². The van der Waals surface area contributed by atoms with Crippen molar-refractivity contribution >= 4 is 11.6 Å². The number of carbonyl (C=O) groups is 1. The number of hydrogen-bond donors (Lipinski definition) is 1. The lowest BCUT2D eigenvalue weighted by Gasteiger charge is -2.36. The van der Waals surface area contributed by atoms with Gasteiger partial charge >= 0.3 is 0 Å². The second-order valence-corrected chi connectivity index (χ2v) is 8.43. The number of amides is 1. The number of rotatable bonds is 7. The lowest BCUT2D eigenvalue weighted by molar-refractivity contribution is 0.0927. The normalized spacial score (nSPS) is 14.3. The minimum atomic E-state index is -0.0695. The van der Waals surface area contributed by atoms with Gasteiger partial charge in [0.25, 0.3) is 5.91 Å². The molecule has 1 aliphatic rings. The van der Waals surface area contributed by atoms with E-state index in [1.807, 2.05) is 26.2 Å². The van der Waals surface area contributed by atoms with Crippen molar-refractivity contribution in [2.45, 2.75) is 19.0 Å². The highest BCUT2D eigenvalue weighted by Gasteiger charge is 2.25. The largest absolute Gasteiger partial charge is 0.497 e. The molecule has 1 N–H and O–H groups in total. The first-order valence-electron chi connectivity index (χ1n) is 11.1. The average Bonchev–Trinajstić information content (AvgIpc) is 2.84. The third kappa shape index (κ3) is 4.94. The first-order valence-corrected chi connectivity index (χ1v) is 11.1. The van der Waals surface area contributed by atoms with Crippen LogP contribution in [0.3, 0.4) is 0 Å². The SMILES string of the molecule is COc1ccc(C(=O)NCC(c2ccc(N(C)C)cc2)N2CCc3ccccc3C2)cc1. The molecule has 4 rings (SSSR count). The van der Waals surface area contributed by atoms with E-state index in [0.717, 1.165) is 25.3 Å². The van der Waals surface area contributed by atoms with Crippen LogP contribution in [-0.4, -0.2) is 45.1 Å². The molecule has 3 aromatic carbocycles. The summed E-state index contributed by atoms with van der Waals surface area (Å²) in [5, 5.41) is 3.16. The molecule has 0 aliphatic carbocycles. The summed E-state index contributed by atoms with van der Waals surface area (Å²) in [5.41, 5.74) is 5.81. The van der Waals surface area contributed by atoms with E-state index >= 15 is 0 Å². The van der Waals surface area contributed by atoms with Gasteiger partial charge in [0.15, 0.2) is 0 Å². The van der Waals surface area contributed by atoms with E-state index in [9.17, 15) is 4.79 Å². The highest BCUT2D eigenvalue weighted by atomic mass is 16.5. The molecule has 166 valence electrons. The molecule has 0 saturated carbocycles. The van der Waals surface area contributed by atoms with Crippen molar-refractivity contribution in [2.24, 2.45) is 0 Å². The Labute approximate surface area is 190 Å². The number of hydrogen-bond acceptors (Lipinski definition) is 4. The van der Waals surface area contributed by atoms with E-state index in [2.05, 4.69) is 63.6 Å². The first kappa shape index (κ1) is 21.9. The number of ether oxygens (including phenoxy) is 1. The maximum absolute atomic E-state index is 12.8. The molecule has 1 heterocycles. The Bertz CT molecular complexity index is 1050. The number of methoxy groups -OCH3 is 1. The molecule has 0 fully saturated rings. The van der Waals surface area contributed by atoms with E-state index in [4.69, 9.17) is 4.74 Å². The van der Waals surface area contributed by atoms with Gasteiger partial charge in [-0.15, -0.1) is 0 Å². The number of nitrogens with one attached hydrogen (secondary N) is 1. The summed E-state index contributed by atoms with van der Waals surface area (Å²) in [5.74, 6) is 0.673. The first-order chi connectivity index (χ1) is 15.5.